The number of nitrogens with zero attached hydrogens (tertiary/aromatic N) is 6. The number of carbonyl (C=O) groups is 1. The van der Waals surface area contributed by atoms with Crippen LogP contribution in [0.25, 0.3) is 0 Å². The van der Waals surface area contributed by atoms with Gasteiger partial charge in [-0.2, -0.15) is 5.10 Å². The van der Waals surface area contributed by atoms with Crippen LogP contribution < -0.4 is 5.73 Å². The van der Waals surface area contributed by atoms with E-state index >= 15 is 0 Å². The summed E-state index contributed by atoms with van der Waals surface area (Å²) in [4.78, 5) is 14.4. The molecule has 2 aromatic heterocycles. The van der Waals surface area contributed by atoms with Gasteiger partial charge >= 0.3 is 0 Å². The Kier molecular flexibility index (Phi) is 4.99. The van der Waals surface area contributed by atoms with Gasteiger partial charge in [-0.1, -0.05) is 5.21 Å². The Hall–Kier alpha value is -2.26. The number of hydrogen-bond donors (Lipinski definition) is 1. The maximum Gasteiger partial charge on any atom is 0.276 e. The van der Waals surface area contributed by atoms with Crippen LogP contribution in [0.5, 0.6) is 0 Å². The van der Waals surface area contributed by atoms with Gasteiger partial charge in [-0.3, -0.25) is 14.2 Å². The molecule has 1 aliphatic heterocycles. The zero-order valence-electron chi connectivity index (χ0n) is 12.9. The minimum absolute atomic E-state index is 0.0829. The predicted molar refractivity (Wildman–Crippen MR) is 81.6 cm³/mol. The highest BCUT2D eigenvalue weighted by molar-refractivity contribution is 5.91. The van der Waals surface area contributed by atoms with Crippen molar-refractivity contribution in [3.63, 3.8) is 0 Å². The lowest BCUT2D eigenvalue weighted by atomic mass is 10.3. The van der Waals surface area contributed by atoms with Gasteiger partial charge in [0.25, 0.3) is 5.91 Å². The van der Waals surface area contributed by atoms with Gasteiger partial charge in [-0.15, -0.1) is 5.10 Å². The number of rotatable bonds is 5. The Morgan fingerprint density at radius 2 is 2.35 bits per heavy atom. The number of aromatic nitrogens is 5. The summed E-state index contributed by atoms with van der Waals surface area (Å²) in [7, 11) is 0. The average molecular weight is 319 g/mol. The normalized spacial score (nSPS) is 18.8. The fourth-order valence-corrected chi connectivity index (χ4v) is 2.61. The molecule has 23 heavy (non-hydrogen) atoms. The molecule has 0 aliphatic carbocycles. The molecular formula is C14H21N7O2. The molecule has 9 nitrogen and oxygen atoms in total. The van der Waals surface area contributed by atoms with Crippen molar-refractivity contribution in [2.75, 3.05) is 26.2 Å². The summed E-state index contributed by atoms with van der Waals surface area (Å²) >= 11 is 0. The van der Waals surface area contributed by atoms with E-state index in [1.807, 2.05) is 16.9 Å². The molecule has 2 aromatic rings. The van der Waals surface area contributed by atoms with Gasteiger partial charge in [0.2, 0.25) is 0 Å². The van der Waals surface area contributed by atoms with Gasteiger partial charge in [0.1, 0.15) is 0 Å². The zero-order chi connectivity index (χ0) is 16.1. The molecule has 3 rings (SSSR count). The molecule has 1 atom stereocenters. The maximum absolute atomic E-state index is 12.6. The largest absolute Gasteiger partial charge is 0.374 e. The van der Waals surface area contributed by atoms with Crippen molar-refractivity contribution in [1.29, 1.82) is 0 Å². The summed E-state index contributed by atoms with van der Waals surface area (Å²) in [5, 5.41) is 12.1. The molecule has 0 saturated carbocycles. The highest BCUT2D eigenvalue weighted by atomic mass is 16.5. The van der Waals surface area contributed by atoms with Crippen LogP contribution in [-0.2, 0) is 17.8 Å². The van der Waals surface area contributed by atoms with Crippen LogP contribution >= 0.6 is 0 Å². The second kappa shape index (κ2) is 7.34. The summed E-state index contributed by atoms with van der Waals surface area (Å²) in [6.07, 6.45) is 5.98. The topological polar surface area (TPSA) is 104 Å². The first-order valence-corrected chi connectivity index (χ1v) is 7.75. The molecular weight excluding hydrogens is 298 g/mol. The van der Waals surface area contributed by atoms with Crippen molar-refractivity contribution in [3.05, 3.63) is 30.4 Å². The third-order valence-corrected chi connectivity index (χ3v) is 3.70. The molecule has 0 radical (unpaired) electrons. The molecule has 3 heterocycles. The number of carbonyl (C=O) groups excluding carboxylic acids is 1. The first-order chi connectivity index (χ1) is 11.3. The van der Waals surface area contributed by atoms with Gasteiger partial charge < -0.3 is 15.4 Å². The summed E-state index contributed by atoms with van der Waals surface area (Å²) in [6, 6.07) is 1.87. The fraction of sp³-hybridized carbons (Fsp3) is 0.571. The van der Waals surface area contributed by atoms with E-state index in [-0.39, 0.29) is 12.0 Å². The van der Waals surface area contributed by atoms with Crippen LogP contribution in [-0.4, -0.2) is 67.9 Å². The molecule has 2 N–H and O–H groups in total. The highest BCUT2D eigenvalue weighted by Gasteiger charge is 2.25. The molecule has 0 spiro atoms. The summed E-state index contributed by atoms with van der Waals surface area (Å²) in [5.74, 6) is -0.121. The van der Waals surface area contributed by atoms with Crippen molar-refractivity contribution in [1.82, 2.24) is 29.7 Å². The van der Waals surface area contributed by atoms with E-state index in [9.17, 15) is 4.79 Å². The van der Waals surface area contributed by atoms with Crippen LogP contribution in [0.2, 0.25) is 0 Å². The van der Waals surface area contributed by atoms with Gasteiger partial charge in [-0.05, 0) is 12.5 Å². The summed E-state index contributed by atoms with van der Waals surface area (Å²) < 4.78 is 9.23. The molecule has 1 saturated heterocycles. The monoisotopic (exact) mass is 319 g/mol. The molecule has 1 fully saturated rings. The Balaban J connectivity index is 1.65. The highest BCUT2D eigenvalue weighted by Crippen LogP contribution is 2.11. The first kappa shape index (κ1) is 15.6. The Morgan fingerprint density at radius 3 is 3.13 bits per heavy atom. The van der Waals surface area contributed by atoms with Crippen LogP contribution in [0, 0.1) is 0 Å². The van der Waals surface area contributed by atoms with E-state index in [2.05, 4.69) is 15.4 Å². The standard InChI is InChI=1S/C14H21N7O2/c15-3-7-21-11-13(17-18-21)14(22)19-5-2-8-23-12(9-19)10-20-6-1-4-16-20/h1,4,6,11-12H,2-3,5,7-10,15H2/t12-/m0/s1. The third kappa shape index (κ3) is 3.93. The van der Waals surface area contributed by atoms with Gasteiger partial charge in [0.15, 0.2) is 5.69 Å². The Morgan fingerprint density at radius 1 is 1.43 bits per heavy atom. The second-order valence-corrected chi connectivity index (χ2v) is 5.48. The Bertz CT molecular complexity index is 625. The second-order valence-electron chi connectivity index (χ2n) is 5.48. The van der Waals surface area contributed by atoms with E-state index in [4.69, 9.17) is 10.5 Å². The summed E-state index contributed by atoms with van der Waals surface area (Å²) in [5.41, 5.74) is 5.83. The lowest BCUT2D eigenvalue weighted by Gasteiger charge is -2.23. The average Bonchev–Trinajstić information content (AvgIpc) is 3.16. The molecule has 0 bridgehead atoms. The SMILES string of the molecule is NCCn1cc(C(=O)N2CCCO[C@H](Cn3cccn3)C2)nn1. The van der Waals surface area contributed by atoms with Gasteiger partial charge in [0, 0.05) is 38.6 Å². The van der Waals surface area contributed by atoms with E-state index in [1.54, 1.807) is 22.0 Å². The van der Waals surface area contributed by atoms with Gasteiger partial charge in [-0.25, -0.2) is 0 Å². The fourth-order valence-electron chi connectivity index (χ4n) is 2.61. The Labute approximate surface area is 134 Å². The van der Waals surface area contributed by atoms with E-state index in [0.29, 0.717) is 45.0 Å². The zero-order valence-corrected chi connectivity index (χ0v) is 12.9. The lowest BCUT2D eigenvalue weighted by Crippen LogP contribution is -2.38. The van der Waals surface area contributed by atoms with Crippen LogP contribution in [0.4, 0.5) is 0 Å². The molecule has 124 valence electrons. The van der Waals surface area contributed by atoms with Crippen molar-refractivity contribution in [2.24, 2.45) is 5.73 Å². The molecule has 0 aromatic carbocycles. The third-order valence-electron chi connectivity index (χ3n) is 3.70. The van der Waals surface area contributed by atoms with Crippen LogP contribution in [0.1, 0.15) is 16.9 Å². The van der Waals surface area contributed by atoms with E-state index in [1.165, 1.54) is 0 Å². The van der Waals surface area contributed by atoms with Crippen molar-refractivity contribution in [2.45, 2.75) is 25.6 Å². The molecule has 9 heteroatoms. The smallest absolute Gasteiger partial charge is 0.276 e. The lowest BCUT2D eigenvalue weighted by molar-refractivity contribution is 0.0365. The number of ether oxygens (including phenoxy) is 1. The minimum Gasteiger partial charge on any atom is -0.374 e. The van der Waals surface area contributed by atoms with Crippen molar-refractivity contribution in [3.8, 4) is 0 Å². The number of amides is 1. The van der Waals surface area contributed by atoms with Gasteiger partial charge in [0.05, 0.1) is 25.4 Å². The molecule has 1 amide bonds. The number of nitrogens with two attached hydrogens (primary N) is 1. The molecule has 0 unspecified atom stereocenters. The van der Waals surface area contributed by atoms with E-state index in [0.717, 1.165) is 6.42 Å². The predicted octanol–water partition coefficient (Wildman–Crippen LogP) is -0.635. The van der Waals surface area contributed by atoms with Crippen LogP contribution in [0.3, 0.4) is 0 Å². The molecule has 1 aliphatic rings. The first-order valence-electron chi connectivity index (χ1n) is 7.75. The minimum atomic E-state index is -0.121. The van der Waals surface area contributed by atoms with E-state index < -0.39 is 0 Å². The van der Waals surface area contributed by atoms with Crippen molar-refractivity contribution < 1.29 is 9.53 Å². The maximum atomic E-state index is 12.6. The quantitative estimate of drug-likeness (QED) is 0.786. The van der Waals surface area contributed by atoms with Crippen molar-refractivity contribution >= 4 is 5.91 Å². The number of hydrogen-bond acceptors (Lipinski definition) is 6. The summed E-state index contributed by atoms with van der Waals surface area (Å²) in [6.45, 7) is 3.43. The van der Waals surface area contributed by atoms with Crippen LogP contribution in [0.15, 0.2) is 24.7 Å².